The molecule has 0 aromatic heterocycles. The third-order valence-electron chi connectivity index (χ3n) is 1.36. The molecule has 0 spiro atoms. The van der Waals surface area contributed by atoms with E-state index in [1.54, 1.807) is 6.21 Å². The minimum absolute atomic E-state index is 0.852. The first-order chi connectivity index (χ1) is 5.38. The molecule has 56 valence electrons. The van der Waals surface area contributed by atoms with E-state index < -0.39 is 0 Å². The fourth-order valence-corrected chi connectivity index (χ4v) is 0.866. The first-order valence-electron chi connectivity index (χ1n) is 3.46. The second-order valence-electron chi connectivity index (χ2n) is 2.09. The molecule has 0 aliphatic heterocycles. The van der Waals surface area contributed by atoms with Crippen molar-refractivity contribution < 1.29 is 0 Å². The summed E-state index contributed by atoms with van der Waals surface area (Å²) in [5, 5.41) is 7.06. The molecule has 0 unspecified atom stereocenters. The summed E-state index contributed by atoms with van der Waals surface area (Å²) in [5.74, 6) is 0. The minimum Gasteiger partial charge on any atom is -0.308 e. The van der Waals surface area contributed by atoms with Crippen LogP contribution in [0, 0.1) is 5.41 Å². The number of para-hydroxylation sites is 1. The fourth-order valence-electron chi connectivity index (χ4n) is 0.866. The van der Waals surface area contributed by atoms with E-state index in [9.17, 15) is 0 Å². The fraction of sp³-hybridized carbons (Fsp3) is 0.111. The average Bonchev–Trinajstić information content (AvgIpc) is 2.06. The van der Waals surface area contributed by atoms with E-state index in [0.717, 1.165) is 11.3 Å². The van der Waals surface area contributed by atoms with Crippen molar-refractivity contribution in [3.05, 3.63) is 29.8 Å². The van der Waals surface area contributed by atoms with Gasteiger partial charge in [-0.05, 0) is 13.0 Å². The molecule has 0 bridgehead atoms. The third kappa shape index (κ3) is 1.74. The normalized spacial score (nSPS) is 10.3. The molecule has 1 N–H and O–H groups in total. The van der Waals surface area contributed by atoms with Gasteiger partial charge in [-0.15, -0.1) is 0 Å². The molecule has 0 aliphatic carbocycles. The van der Waals surface area contributed by atoms with Gasteiger partial charge in [0.25, 0.3) is 0 Å². The summed E-state index contributed by atoms with van der Waals surface area (Å²) in [6.07, 6.45) is 3.03. The number of rotatable bonds is 2. The molecule has 0 saturated carbocycles. The second kappa shape index (κ2) is 3.66. The minimum atomic E-state index is 0.852. The van der Waals surface area contributed by atoms with Crippen molar-refractivity contribution in [1.29, 1.82) is 5.41 Å². The van der Waals surface area contributed by atoms with Crippen LogP contribution >= 0.6 is 0 Å². The van der Waals surface area contributed by atoms with Crippen molar-refractivity contribution >= 4 is 18.1 Å². The van der Waals surface area contributed by atoms with Gasteiger partial charge in [-0.25, -0.2) is 0 Å². The van der Waals surface area contributed by atoms with Gasteiger partial charge in [0.1, 0.15) is 0 Å². The molecule has 0 atom stereocenters. The summed E-state index contributed by atoms with van der Waals surface area (Å²) >= 11 is 0. The van der Waals surface area contributed by atoms with E-state index >= 15 is 0 Å². The van der Waals surface area contributed by atoms with E-state index in [0.29, 0.717) is 0 Å². The van der Waals surface area contributed by atoms with Gasteiger partial charge in [0, 0.05) is 18.0 Å². The first-order valence-corrected chi connectivity index (χ1v) is 3.46. The van der Waals surface area contributed by atoms with Crippen LogP contribution in [0.2, 0.25) is 0 Å². The zero-order chi connectivity index (χ0) is 8.10. The Hall–Kier alpha value is -1.44. The summed E-state index contributed by atoms with van der Waals surface area (Å²) in [5.41, 5.74) is 1.70. The Morgan fingerprint density at radius 1 is 1.36 bits per heavy atom. The summed E-state index contributed by atoms with van der Waals surface area (Å²) in [7, 11) is 0. The van der Waals surface area contributed by atoms with E-state index in [-0.39, 0.29) is 0 Å². The van der Waals surface area contributed by atoms with Gasteiger partial charge in [-0.2, -0.15) is 0 Å². The van der Waals surface area contributed by atoms with E-state index in [1.165, 1.54) is 6.21 Å². The molecule has 1 aromatic rings. The van der Waals surface area contributed by atoms with Crippen LogP contribution in [0.4, 0.5) is 5.69 Å². The van der Waals surface area contributed by atoms with Gasteiger partial charge in [0.05, 0.1) is 5.69 Å². The van der Waals surface area contributed by atoms with Crippen LogP contribution in [0.25, 0.3) is 0 Å². The number of nitrogens with zero attached hydrogens (tertiary/aromatic N) is 1. The Labute approximate surface area is 66.1 Å². The largest absolute Gasteiger partial charge is 0.308 e. The number of hydrogen-bond donors (Lipinski definition) is 1. The van der Waals surface area contributed by atoms with E-state index in [1.807, 2.05) is 31.2 Å². The van der Waals surface area contributed by atoms with Crippen molar-refractivity contribution in [2.75, 3.05) is 0 Å². The van der Waals surface area contributed by atoms with Gasteiger partial charge in [-0.1, -0.05) is 18.2 Å². The number of benzene rings is 1. The van der Waals surface area contributed by atoms with Crippen LogP contribution in [-0.4, -0.2) is 12.4 Å². The van der Waals surface area contributed by atoms with Gasteiger partial charge in [0.15, 0.2) is 0 Å². The van der Waals surface area contributed by atoms with Crippen molar-refractivity contribution in [3.63, 3.8) is 0 Å². The van der Waals surface area contributed by atoms with Crippen LogP contribution in [0.5, 0.6) is 0 Å². The van der Waals surface area contributed by atoms with E-state index in [4.69, 9.17) is 5.41 Å². The van der Waals surface area contributed by atoms with Crippen molar-refractivity contribution in [1.82, 2.24) is 0 Å². The van der Waals surface area contributed by atoms with Crippen LogP contribution in [-0.2, 0) is 0 Å². The van der Waals surface area contributed by atoms with Crippen LogP contribution < -0.4 is 0 Å². The standard InChI is InChI=1S/C9H10N2/c1-2-11-9-6-4-3-5-8(9)7-10/h2-7,10H,1H3. The Balaban J connectivity index is 3.11. The lowest BCUT2D eigenvalue weighted by atomic mass is 10.2. The highest BCUT2D eigenvalue weighted by atomic mass is 14.7. The predicted molar refractivity (Wildman–Crippen MR) is 48.2 cm³/mol. The second-order valence-corrected chi connectivity index (χ2v) is 2.09. The zero-order valence-electron chi connectivity index (χ0n) is 6.41. The highest BCUT2D eigenvalue weighted by molar-refractivity contribution is 5.85. The summed E-state index contributed by atoms with van der Waals surface area (Å²) in [4.78, 5) is 4.10. The van der Waals surface area contributed by atoms with E-state index in [2.05, 4.69) is 4.99 Å². The maximum Gasteiger partial charge on any atom is 0.0713 e. The maximum atomic E-state index is 7.06. The number of hydrogen-bond acceptors (Lipinski definition) is 2. The molecular formula is C9H10N2. The lowest BCUT2D eigenvalue weighted by molar-refractivity contribution is 1.48. The highest BCUT2D eigenvalue weighted by Crippen LogP contribution is 2.15. The van der Waals surface area contributed by atoms with Crippen molar-refractivity contribution in [2.45, 2.75) is 6.92 Å². The highest BCUT2D eigenvalue weighted by Gasteiger charge is 1.92. The maximum absolute atomic E-state index is 7.06. The SMILES string of the molecule is CC=Nc1ccccc1C=N. The molecule has 0 heterocycles. The van der Waals surface area contributed by atoms with Crippen LogP contribution in [0.1, 0.15) is 12.5 Å². The lowest BCUT2D eigenvalue weighted by Crippen LogP contribution is -1.78. The van der Waals surface area contributed by atoms with Crippen LogP contribution in [0.15, 0.2) is 29.3 Å². The molecular weight excluding hydrogens is 136 g/mol. The van der Waals surface area contributed by atoms with Crippen molar-refractivity contribution in [2.24, 2.45) is 4.99 Å². The summed E-state index contributed by atoms with van der Waals surface area (Å²) < 4.78 is 0. The number of aliphatic imine (C=N–C) groups is 1. The molecule has 0 saturated heterocycles. The van der Waals surface area contributed by atoms with Crippen molar-refractivity contribution in [3.8, 4) is 0 Å². The monoisotopic (exact) mass is 146 g/mol. The Kier molecular flexibility index (Phi) is 2.55. The predicted octanol–water partition coefficient (Wildman–Crippen LogP) is 2.41. The summed E-state index contributed by atoms with van der Waals surface area (Å²) in [6.45, 7) is 1.86. The van der Waals surface area contributed by atoms with Gasteiger partial charge in [0.2, 0.25) is 0 Å². The molecule has 0 radical (unpaired) electrons. The van der Waals surface area contributed by atoms with Crippen LogP contribution in [0.3, 0.4) is 0 Å². The zero-order valence-corrected chi connectivity index (χ0v) is 6.41. The van der Waals surface area contributed by atoms with Gasteiger partial charge < -0.3 is 5.41 Å². The Morgan fingerprint density at radius 3 is 2.73 bits per heavy atom. The molecule has 1 aromatic carbocycles. The lowest BCUT2D eigenvalue weighted by Gasteiger charge is -1.96. The molecule has 11 heavy (non-hydrogen) atoms. The smallest absolute Gasteiger partial charge is 0.0713 e. The third-order valence-corrected chi connectivity index (χ3v) is 1.36. The quantitative estimate of drug-likeness (QED) is 0.622. The summed E-state index contributed by atoms with van der Waals surface area (Å²) in [6, 6.07) is 7.57. The molecule has 1 rings (SSSR count). The average molecular weight is 146 g/mol. The Bertz CT molecular complexity index is 277. The molecule has 0 amide bonds. The van der Waals surface area contributed by atoms with Gasteiger partial charge >= 0.3 is 0 Å². The Morgan fingerprint density at radius 2 is 2.09 bits per heavy atom. The topological polar surface area (TPSA) is 36.2 Å². The van der Waals surface area contributed by atoms with Gasteiger partial charge in [-0.3, -0.25) is 4.99 Å². The molecule has 2 nitrogen and oxygen atoms in total. The molecule has 2 heteroatoms. The molecule has 0 aliphatic rings. The molecule has 0 fully saturated rings. The first kappa shape index (κ1) is 7.66. The number of nitrogens with one attached hydrogen (secondary N) is 1.